The van der Waals surface area contributed by atoms with Gasteiger partial charge in [0.15, 0.2) is 5.78 Å². The second-order valence-corrected chi connectivity index (χ2v) is 14.5. The molecule has 0 radical (unpaired) electrons. The van der Waals surface area contributed by atoms with Crippen LogP contribution in [0.4, 0.5) is 0 Å². The lowest BCUT2D eigenvalue weighted by Gasteiger charge is -2.46. The number of hydrogen-bond acceptors (Lipinski definition) is 8. The molecule has 0 unspecified atom stereocenters. The lowest BCUT2D eigenvalue weighted by molar-refractivity contribution is -0.159. The van der Waals surface area contributed by atoms with Crippen LogP contribution in [0, 0.1) is 39.9 Å². The lowest BCUT2D eigenvalue weighted by Crippen LogP contribution is -2.53. The van der Waals surface area contributed by atoms with Crippen LogP contribution in [0.15, 0.2) is 58.7 Å². The minimum absolute atomic E-state index is 0.0997. The summed E-state index contributed by atoms with van der Waals surface area (Å²) in [7, 11) is 0. The SMILES string of the molecule is C=C1C(=O)O[C@@H]2[C@H]1CC[C@@](C)(O)[C@]13C=C[C@@](C)([C@H]21)[C@]1(C3)C(=O)O[C@@H]2[C@H]3C(C)=CC(=O)C3=C(C)C[C@H](OC(=O)/C(C)=C\C)[C@H]21. The van der Waals surface area contributed by atoms with Gasteiger partial charge >= 0.3 is 17.9 Å². The van der Waals surface area contributed by atoms with Gasteiger partial charge in [-0.2, -0.15) is 0 Å². The first-order chi connectivity index (χ1) is 20.1. The Hall–Kier alpha value is -3.26. The highest BCUT2D eigenvalue weighted by Crippen LogP contribution is 2.80. The first kappa shape index (κ1) is 28.5. The zero-order valence-corrected chi connectivity index (χ0v) is 25.7. The topological polar surface area (TPSA) is 116 Å². The monoisotopic (exact) mass is 588 g/mol. The van der Waals surface area contributed by atoms with Crippen molar-refractivity contribution in [1.82, 2.24) is 0 Å². The molecule has 2 aliphatic heterocycles. The van der Waals surface area contributed by atoms with Gasteiger partial charge in [0.05, 0.1) is 16.9 Å². The molecule has 1 spiro atoms. The third-order valence-corrected chi connectivity index (χ3v) is 12.7. The van der Waals surface area contributed by atoms with E-state index < -0.39 is 75.8 Å². The molecule has 43 heavy (non-hydrogen) atoms. The van der Waals surface area contributed by atoms with E-state index in [1.54, 1.807) is 26.0 Å². The van der Waals surface area contributed by atoms with Crippen LogP contribution in [0.3, 0.4) is 0 Å². The van der Waals surface area contributed by atoms with Crippen molar-refractivity contribution in [2.45, 2.75) is 91.1 Å². The molecule has 228 valence electrons. The largest absolute Gasteiger partial charge is 0.460 e. The molecule has 5 aliphatic carbocycles. The summed E-state index contributed by atoms with van der Waals surface area (Å²) in [5.74, 6) is -3.18. The van der Waals surface area contributed by atoms with E-state index in [4.69, 9.17) is 14.2 Å². The highest BCUT2D eigenvalue weighted by Gasteiger charge is 2.84. The fourth-order valence-corrected chi connectivity index (χ4v) is 10.5. The minimum atomic E-state index is -1.22. The van der Waals surface area contributed by atoms with E-state index in [0.717, 1.165) is 11.1 Å². The number of ether oxygens (including phenoxy) is 3. The number of aliphatic hydroxyl groups is 1. The molecule has 7 rings (SSSR count). The molecule has 8 heteroatoms. The highest BCUT2D eigenvalue weighted by atomic mass is 16.6. The number of carbonyl (C=O) groups is 4. The molecule has 2 heterocycles. The van der Waals surface area contributed by atoms with E-state index in [1.165, 1.54) is 0 Å². The van der Waals surface area contributed by atoms with Crippen LogP contribution in [-0.4, -0.2) is 52.7 Å². The summed E-state index contributed by atoms with van der Waals surface area (Å²) in [4.78, 5) is 54.2. The van der Waals surface area contributed by atoms with E-state index in [0.29, 0.717) is 29.6 Å². The van der Waals surface area contributed by atoms with Gasteiger partial charge in [-0.25, -0.2) is 9.59 Å². The molecule has 2 saturated carbocycles. The average Bonchev–Trinajstić information content (AvgIpc) is 3.62. The van der Waals surface area contributed by atoms with Crippen LogP contribution >= 0.6 is 0 Å². The third-order valence-electron chi connectivity index (χ3n) is 12.7. The van der Waals surface area contributed by atoms with E-state index >= 15 is 0 Å². The van der Waals surface area contributed by atoms with Crippen molar-refractivity contribution >= 4 is 23.7 Å². The summed E-state index contributed by atoms with van der Waals surface area (Å²) in [6.07, 6.45) is 6.82. The molecule has 8 nitrogen and oxygen atoms in total. The van der Waals surface area contributed by atoms with Gasteiger partial charge in [0.2, 0.25) is 0 Å². The Bertz CT molecular complexity index is 1540. The van der Waals surface area contributed by atoms with E-state index in [9.17, 15) is 24.3 Å². The molecule has 2 saturated heterocycles. The second-order valence-electron chi connectivity index (χ2n) is 14.5. The van der Waals surface area contributed by atoms with Crippen molar-refractivity contribution < 1.29 is 38.5 Å². The molecular formula is C35H40O8. The third kappa shape index (κ3) is 3.20. The highest BCUT2D eigenvalue weighted by molar-refractivity contribution is 6.09. The van der Waals surface area contributed by atoms with Crippen molar-refractivity contribution in [3.63, 3.8) is 0 Å². The molecule has 1 N–H and O–H groups in total. The number of hydrogen-bond donors (Lipinski definition) is 1. The fraction of sp³-hybridized carbons (Fsp3) is 0.600. The zero-order chi connectivity index (χ0) is 31.0. The molecule has 7 aliphatic rings. The van der Waals surface area contributed by atoms with Crippen LogP contribution in [0.5, 0.6) is 0 Å². The second kappa shape index (κ2) is 8.68. The summed E-state index contributed by atoms with van der Waals surface area (Å²) < 4.78 is 18.8. The smallest absolute Gasteiger partial charge is 0.334 e. The van der Waals surface area contributed by atoms with Crippen molar-refractivity contribution in [3.05, 3.63) is 58.7 Å². The number of carbonyl (C=O) groups excluding carboxylic acids is 4. The van der Waals surface area contributed by atoms with E-state index in [2.05, 4.69) is 6.58 Å². The summed E-state index contributed by atoms with van der Waals surface area (Å²) in [6.45, 7) is 15.1. The van der Waals surface area contributed by atoms with Gasteiger partial charge in [-0.05, 0) is 60.0 Å². The van der Waals surface area contributed by atoms with Crippen molar-refractivity contribution in [3.8, 4) is 0 Å². The molecular weight excluding hydrogens is 548 g/mol. The number of ketones is 1. The van der Waals surface area contributed by atoms with Crippen molar-refractivity contribution in [1.29, 1.82) is 0 Å². The van der Waals surface area contributed by atoms with Gasteiger partial charge in [-0.3, -0.25) is 9.59 Å². The standard InChI is InChI=1S/C35H40O8/c1-8-16(2)29(37)41-22-14-18(4)23-21(36)13-17(3)24(23)27-25(22)35(31(39)43-27)15-34-12-11-32(35,6)28(34)26-20(9-10-33(34,7)40)19(5)30(38)42-26/h8,11-13,20,22,24-28,40H,5,9-10,14-15H2,1-4,6-7H3/b16-8-/t20-,22-,24-,25+,26+,27+,28-,32-,33+,34-,35-/m0/s1. The lowest BCUT2D eigenvalue weighted by atomic mass is 9.54. The maximum atomic E-state index is 14.7. The Kier molecular flexibility index (Phi) is 5.75. The number of fused-ring (bicyclic) bond motifs is 6. The van der Waals surface area contributed by atoms with Crippen LogP contribution in [0.1, 0.15) is 67.2 Å². The van der Waals surface area contributed by atoms with Gasteiger partial charge in [0.25, 0.3) is 0 Å². The van der Waals surface area contributed by atoms with Gasteiger partial charge < -0.3 is 19.3 Å². The van der Waals surface area contributed by atoms with Gasteiger partial charge in [0.1, 0.15) is 18.3 Å². The number of rotatable bonds is 2. The van der Waals surface area contributed by atoms with E-state index in [1.807, 2.05) is 39.8 Å². The molecule has 0 amide bonds. The van der Waals surface area contributed by atoms with Crippen molar-refractivity contribution in [2.75, 3.05) is 0 Å². The number of allylic oxidation sites excluding steroid dienone is 3. The maximum absolute atomic E-state index is 14.7. The normalized spacial score (nSPS) is 47.9. The quantitative estimate of drug-likeness (QED) is 0.217. The maximum Gasteiger partial charge on any atom is 0.334 e. The molecule has 0 aromatic rings. The summed E-state index contributed by atoms with van der Waals surface area (Å²) in [5.41, 5.74) is -1.13. The van der Waals surface area contributed by atoms with Gasteiger partial charge in [-0.1, -0.05) is 42.9 Å². The molecule has 2 bridgehead atoms. The summed E-state index contributed by atoms with van der Waals surface area (Å²) >= 11 is 0. The Morgan fingerprint density at radius 2 is 1.86 bits per heavy atom. The fourth-order valence-electron chi connectivity index (χ4n) is 10.5. The van der Waals surface area contributed by atoms with Crippen molar-refractivity contribution in [2.24, 2.45) is 39.9 Å². The first-order valence-electron chi connectivity index (χ1n) is 15.4. The Morgan fingerprint density at radius 1 is 1.14 bits per heavy atom. The predicted octanol–water partition coefficient (Wildman–Crippen LogP) is 4.48. The van der Waals surface area contributed by atoms with Gasteiger partial charge in [-0.15, -0.1) is 0 Å². The molecule has 0 aromatic carbocycles. The van der Waals surface area contributed by atoms with Gasteiger partial charge in [0, 0.05) is 51.7 Å². The van der Waals surface area contributed by atoms with Crippen LogP contribution < -0.4 is 0 Å². The zero-order valence-electron chi connectivity index (χ0n) is 25.7. The average molecular weight is 589 g/mol. The van der Waals surface area contributed by atoms with Crippen LogP contribution in [0.25, 0.3) is 0 Å². The molecule has 0 aromatic heterocycles. The Labute approximate surface area is 251 Å². The van der Waals surface area contributed by atoms with Crippen LogP contribution in [0.2, 0.25) is 0 Å². The first-order valence-corrected chi connectivity index (χ1v) is 15.4. The predicted molar refractivity (Wildman–Crippen MR) is 155 cm³/mol. The Morgan fingerprint density at radius 3 is 2.56 bits per heavy atom. The molecule has 4 fully saturated rings. The number of esters is 3. The van der Waals surface area contributed by atoms with E-state index in [-0.39, 0.29) is 24.5 Å². The summed E-state index contributed by atoms with van der Waals surface area (Å²) in [6, 6.07) is 0. The Balaban J connectivity index is 1.44. The minimum Gasteiger partial charge on any atom is -0.460 e. The summed E-state index contributed by atoms with van der Waals surface area (Å²) in [5, 5.41) is 12.3. The van der Waals surface area contributed by atoms with Crippen LogP contribution in [-0.2, 0) is 33.4 Å². The molecule has 11 atom stereocenters.